The van der Waals surface area contributed by atoms with Crippen LogP contribution in [0.5, 0.6) is 0 Å². The maximum Gasteiger partial charge on any atom is 0.0766 e. The smallest absolute Gasteiger partial charge is 0.0766 e. The molecule has 0 aliphatic heterocycles. The van der Waals surface area contributed by atoms with Gasteiger partial charge in [-0.2, -0.15) is 0 Å². The van der Waals surface area contributed by atoms with Crippen molar-refractivity contribution in [3.05, 3.63) is 12.8 Å². The summed E-state index contributed by atoms with van der Waals surface area (Å²) in [6.45, 7) is 1.08. The van der Waals surface area contributed by atoms with Crippen LogP contribution in [0.25, 0.3) is 0 Å². The predicted molar refractivity (Wildman–Crippen MR) is 17.2 cm³/mol. The summed E-state index contributed by atoms with van der Waals surface area (Å²) in [4.78, 5) is 0. The minimum Gasteiger partial charge on any atom is -0.505 e. The topological polar surface area (TPSA) is 9.23 Å². The van der Waals surface area contributed by atoms with Crippen molar-refractivity contribution in [2.45, 2.75) is 0 Å². The van der Waals surface area contributed by atoms with E-state index in [2.05, 4.69) is 4.74 Å². The molecule has 1 nitrogen and oxygen atoms in total. The van der Waals surface area contributed by atoms with Gasteiger partial charge in [-0.15, -0.1) is 0 Å². The van der Waals surface area contributed by atoms with Gasteiger partial charge in [-0.25, -0.2) is 0 Å². The molecule has 0 unspecified atom stereocenters. The molecule has 0 spiro atoms. The molecular weight excluding hydrogens is 52.0 g/mol. The van der Waals surface area contributed by atoms with Crippen LogP contribution in [-0.4, -0.2) is 7.11 Å². The van der Waals surface area contributed by atoms with Gasteiger partial charge >= 0.3 is 0 Å². The Balaban J connectivity index is 2.62. The number of hydrogen-bond acceptors (Lipinski definition) is 1. The van der Waals surface area contributed by atoms with Crippen molar-refractivity contribution < 1.29 is 6.11 Å². The van der Waals surface area contributed by atoms with Crippen LogP contribution in [0.2, 0.25) is 0 Å². The fourth-order valence-corrected chi connectivity index (χ4v) is 0. The van der Waals surface area contributed by atoms with Gasteiger partial charge in [-0.3, -0.25) is 0 Å². The lowest BCUT2D eigenvalue weighted by atomic mass is 11.2. The largest absolute Gasteiger partial charge is 0.505 e. The van der Waals surface area contributed by atoms with Crippen LogP contribution < -0.4 is 0 Å². The third-order valence-corrected chi connectivity index (χ3v) is 0.136. The maximum atomic E-state index is 6.30. The van der Waals surface area contributed by atoms with Gasteiger partial charge < -0.3 is 4.74 Å². The Labute approximate surface area is 27.3 Å². The Hall–Kier alpha value is -0.460. The quantitative estimate of drug-likeness (QED) is 0.405. The van der Waals surface area contributed by atoms with Gasteiger partial charge in [0.1, 0.15) is 0 Å². The van der Waals surface area contributed by atoms with Crippen LogP contribution in [0.15, 0.2) is 12.8 Å². The first-order chi connectivity index (χ1) is 2.41. The van der Waals surface area contributed by atoms with Crippen molar-refractivity contribution in [3.63, 3.8) is 0 Å². The molecule has 1 heteroatoms. The minimum absolute atomic E-state index is 1.08. The molecule has 0 aromatic heterocycles. The second kappa shape index (κ2) is 2.54. The number of methoxy groups -OCH3 is 1. The standard InChI is InChI=1S/C3H6O/c1-3-4-2/h3H,1H2,2H3/i1D. The predicted octanol–water partition coefficient (Wildman–Crippen LogP) is 0.776. The molecule has 0 bridgehead atoms. The van der Waals surface area contributed by atoms with Crippen LogP contribution >= 0.6 is 0 Å². The average molecular weight is 59.1 g/mol. The van der Waals surface area contributed by atoms with Crippen LogP contribution in [0.3, 0.4) is 0 Å². The lowest BCUT2D eigenvalue weighted by Crippen LogP contribution is -1.54. The molecule has 0 rings (SSSR count). The van der Waals surface area contributed by atoms with Gasteiger partial charge in [0.25, 0.3) is 0 Å². The second-order valence-electron chi connectivity index (χ2n) is 0.372. The number of rotatable bonds is 1. The van der Waals surface area contributed by atoms with Crippen LogP contribution in [0.4, 0.5) is 0 Å². The van der Waals surface area contributed by atoms with Gasteiger partial charge in [0.2, 0.25) is 0 Å². The zero-order chi connectivity index (χ0) is 4.12. The van der Waals surface area contributed by atoms with Crippen molar-refractivity contribution in [1.82, 2.24) is 0 Å². The van der Waals surface area contributed by atoms with E-state index in [1.54, 1.807) is 0 Å². The molecule has 0 aromatic rings. The third kappa shape index (κ3) is 1.54. The summed E-state index contributed by atoms with van der Waals surface area (Å²) in [5.41, 5.74) is 0. The van der Waals surface area contributed by atoms with E-state index in [0.29, 0.717) is 0 Å². The molecule has 0 saturated heterocycles. The molecule has 0 amide bonds. The van der Waals surface area contributed by atoms with Crippen molar-refractivity contribution in [2.75, 3.05) is 7.11 Å². The highest BCUT2D eigenvalue weighted by Gasteiger charge is 1.36. The van der Waals surface area contributed by atoms with E-state index in [1.165, 1.54) is 13.4 Å². The van der Waals surface area contributed by atoms with Gasteiger partial charge in [0, 0.05) is 0 Å². The second-order valence-corrected chi connectivity index (χ2v) is 0.372. The minimum atomic E-state index is 1.08. The van der Waals surface area contributed by atoms with E-state index in [-0.39, 0.29) is 0 Å². The molecule has 24 valence electrons. The first-order valence-electron chi connectivity index (χ1n) is 1.55. The molecule has 0 heterocycles. The summed E-state index contributed by atoms with van der Waals surface area (Å²) >= 11 is 0. The number of hydrogen-bond donors (Lipinski definition) is 0. The van der Waals surface area contributed by atoms with Gasteiger partial charge in [0.15, 0.2) is 0 Å². The van der Waals surface area contributed by atoms with Crippen LogP contribution in [0, 0.1) is 0 Å². The highest BCUT2D eigenvalue weighted by Crippen LogP contribution is 1.52. The molecule has 4 heavy (non-hydrogen) atoms. The molecule has 0 radical (unpaired) electrons. The van der Waals surface area contributed by atoms with Crippen molar-refractivity contribution >= 4 is 0 Å². The molecule has 0 N–H and O–H groups in total. The summed E-state index contributed by atoms with van der Waals surface area (Å²) in [6, 6.07) is 0. The third-order valence-electron chi connectivity index (χ3n) is 0.136. The number of ether oxygens (including phenoxy) is 1. The highest BCUT2D eigenvalue weighted by atomic mass is 16.5. The molecule has 0 aliphatic rings. The Morgan fingerprint density at radius 2 is 3.25 bits per heavy atom. The Morgan fingerprint density at radius 1 is 2.50 bits per heavy atom. The Morgan fingerprint density at radius 3 is 3.25 bits per heavy atom. The monoisotopic (exact) mass is 59.0 g/mol. The van der Waals surface area contributed by atoms with E-state index in [0.717, 1.165) is 6.55 Å². The van der Waals surface area contributed by atoms with E-state index >= 15 is 0 Å². The molecule has 0 atom stereocenters. The molecule has 0 aromatic carbocycles. The van der Waals surface area contributed by atoms with Gasteiger partial charge in [-0.05, 0) is 0 Å². The first kappa shape index (κ1) is 1.82. The van der Waals surface area contributed by atoms with Crippen molar-refractivity contribution in [1.29, 1.82) is 0 Å². The maximum absolute atomic E-state index is 6.30. The molecule has 0 saturated carbocycles. The SMILES string of the molecule is [2H]C=COC. The zero-order valence-corrected chi connectivity index (χ0v) is 2.56. The summed E-state index contributed by atoms with van der Waals surface area (Å²) in [5, 5.41) is 0. The molecule has 0 aliphatic carbocycles. The molecular formula is C3H6O. The Bertz CT molecular complexity index is 33.9. The van der Waals surface area contributed by atoms with E-state index < -0.39 is 0 Å². The average Bonchev–Trinajstić information content (AvgIpc) is 1.41. The van der Waals surface area contributed by atoms with Crippen molar-refractivity contribution in [2.24, 2.45) is 0 Å². The zero-order valence-electron chi connectivity index (χ0n) is 3.56. The Kier molecular flexibility index (Phi) is 1.16. The fraction of sp³-hybridized carbons (Fsp3) is 0.333. The first-order valence-corrected chi connectivity index (χ1v) is 0.977. The summed E-state index contributed by atoms with van der Waals surface area (Å²) in [6.07, 6.45) is 1.29. The van der Waals surface area contributed by atoms with Crippen LogP contribution in [0.1, 0.15) is 1.37 Å². The van der Waals surface area contributed by atoms with E-state index in [1.807, 2.05) is 0 Å². The summed E-state index contributed by atoms with van der Waals surface area (Å²) in [5.74, 6) is 0. The van der Waals surface area contributed by atoms with E-state index in [4.69, 9.17) is 1.37 Å². The van der Waals surface area contributed by atoms with Gasteiger partial charge in [-0.1, -0.05) is 6.55 Å². The molecule has 0 fully saturated rings. The highest BCUT2D eigenvalue weighted by molar-refractivity contribution is 4.43. The lowest BCUT2D eigenvalue weighted by Gasteiger charge is -1.73. The van der Waals surface area contributed by atoms with Crippen molar-refractivity contribution in [3.8, 4) is 0 Å². The normalized spacial score (nSPS) is 11.8. The van der Waals surface area contributed by atoms with Crippen LogP contribution in [-0.2, 0) is 4.74 Å². The summed E-state index contributed by atoms with van der Waals surface area (Å²) in [7, 11) is 1.50. The summed E-state index contributed by atoms with van der Waals surface area (Å²) < 4.78 is 10.6. The van der Waals surface area contributed by atoms with E-state index in [9.17, 15) is 0 Å². The fourth-order valence-electron chi connectivity index (χ4n) is 0. The lowest BCUT2D eigenvalue weighted by molar-refractivity contribution is 0.339. The van der Waals surface area contributed by atoms with Gasteiger partial charge in [0.05, 0.1) is 14.7 Å².